The second kappa shape index (κ2) is 7.97. The van der Waals surface area contributed by atoms with Gasteiger partial charge in [0, 0.05) is 42.9 Å². The van der Waals surface area contributed by atoms with Crippen molar-refractivity contribution in [3.63, 3.8) is 0 Å². The number of rotatable bonds is 4. The molecule has 0 radical (unpaired) electrons. The molecule has 1 fully saturated rings. The molecular formula is C20H21N3O3S3. The van der Waals surface area contributed by atoms with Gasteiger partial charge in [0.2, 0.25) is 0 Å². The minimum atomic E-state index is -3.26. The van der Waals surface area contributed by atoms with E-state index in [1.165, 1.54) is 21.7 Å². The molecule has 0 bridgehead atoms. The number of aromatic nitrogens is 1. The minimum absolute atomic E-state index is 0.0707. The molecule has 152 valence electrons. The summed E-state index contributed by atoms with van der Waals surface area (Å²) in [5.41, 5.74) is 1.56. The number of carbonyl (C=O) groups is 1. The zero-order valence-electron chi connectivity index (χ0n) is 16.2. The van der Waals surface area contributed by atoms with E-state index in [1.54, 1.807) is 35.2 Å². The van der Waals surface area contributed by atoms with Gasteiger partial charge in [-0.05, 0) is 42.7 Å². The molecule has 6 nitrogen and oxygen atoms in total. The predicted octanol–water partition coefficient (Wildman–Crippen LogP) is 3.38. The maximum atomic E-state index is 12.8. The van der Waals surface area contributed by atoms with Crippen LogP contribution in [0.3, 0.4) is 0 Å². The number of para-hydroxylation sites is 1. The van der Waals surface area contributed by atoms with Gasteiger partial charge in [0.05, 0.1) is 15.1 Å². The van der Waals surface area contributed by atoms with Gasteiger partial charge >= 0.3 is 0 Å². The van der Waals surface area contributed by atoms with Crippen LogP contribution in [-0.2, 0) is 9.84 Å². The molecule has 0 aliphatic carbocycles. The number of thiazole rings is 1. The van der Waals surface area contributed by atoms with Crippen molar-refractivity contribution in [1.29, 1.82) is 0 Å². The average molecular weight is 448 g/mol. The number of thioether (sulfide) groups is 1. The first-order chi connectivity index (χ1) is 13.9. The SMILES string of the molecule is CSc1cccc2sc(N3CCN(C(=O)c4ccc(S(C)(=O)=O)cc4)CC3)nc12. The van der Waals surface area contributed by atoms with Crippen molar-refractivity contribution in [3.05, 3.63) is 48.0 Å². The number of benzene rings is 2. The molecule has 29 heavy (non-hydrogen) atoms. The van der Waals surface area contributed by atoms with Crippen molar-refractivity contribution in [2.75, 3.05) is 43.6 Å². The zero-order chi connectivity index (χ0) is 20.6. The Kier molecular flexibility index (Phi) is 5.54. The predicted molar refractivity (Wildman–Crippen MR) is 119 cm³/mol. The van der Waals surface area contributed by atoms with E-state index in [2.05, 4.69) is 29.4 Å². The molecule has 1 aliphatic heterocycles. The van der Waals surface area contributed by atoms with Crippen molar-refractivity contribution in [2.45, 2.75) is 9.79 Å². The maximum absolute atomic E-state index is 12.8. The van der Waals surface area contributed by atoms with Gasteiger partial charge in [-0.15, -0.1) is 11.8 Å². The molecule has 1 amide bonds. The normalized spacial score (nSPS) is 15.1. The largest absolute Gasteiger partial charge is 0.345 e. The Labute approximate surface area is 178 Å². The number of anilines is 1. The highest BCUT2D eigenvalue weighted by Crippen LogP contribution is 2.34. The highest BCUT2D eigenvalue weighted by atomic mass is 32.2. The molecule has 9 heteroatoms. The summed E-state index contributed by atoms with van der Waals surface area (Å²) in [7, 11) is -3.26. The third kappa shape index (κ3) is 4.12. The second-order valence-corrected chi connectivity index (χ2v) is 10.8. The summed E-state index contributed by atoms with van der Waals surface area (Å²) in [6.45, 7) is 2.67. The Morgan fingerprint density at radius 3 is 2.38 bits per heavy atom. The van der Waals surface area contributed by atoms with Crippen LogP contribution in [0.2, 0.25) is 0 Å². The molecule has 0 N–H and O–H groups in total. The summed E-state index contributed by atoms with van der Waals surface area (Å²) < 4.78 is 24.3. The van der Waals surface area contributed by atoms with Crippen LogP contribution in [-0.4, -0.2) is 62.9 Å². The Balaban J connectivity index is 1.45. The van der Waals surface area contributed by atoms with E-state index in [-0.39, 0.29) is 10.8 Å². The van der Waals surface area contributed by atoms with E-state index in [9.17, 15) is 13.2 Å². The number of sulfone groups is 1. The molecule has 4 rings (SSSR count). The van der Waals surface area contributed by atoms with Crippen LogP contribution in [0, 0.1) is 0 Å². The average Bonchev–Trinajstić information content (AvgIpc) is 3.17. The Morgan fingerprint density at radius 2 is 1.76 bits per heavy atom. The third-order valence-electron chi connectivity index (χ3n) is 4.96. The van der Waals surface area contributed by atoms with E-state index in [1.807, 2.05) is 4.90 Å². The summed E-state index contributed by atoms with van der Waals surface area (Å²) in [4.78, 5) is 23.0. The highest BCUT2D eigenvalue weighted by Gasteiger charge is 2.24. The van der Waals surface area contributed by atoms with Crippen LogP contribution < -0.4 is 4.90 Å². The quantitative estimate of drug-likeness (QED) is 0.571. The van der Waals surface area contributed by atoms with Crippen LogP contribution in [0.25, 0.3) is 10.2 Å². The fourth-order valence-electron chi connectivity index (χ4n) is 3.34. The molecule has 0 unspecified atom stereocenters. The molecule has 1 aliphatic rings. The number of amides is 1. The summed E-state index contributed by atoms with van der Waals surface area (Å²) in [6, 6.07) is 12.4. The zero-order valence-corrected chi connectivity index (χ0v) is 18.6. The summed E-state index contributed by atoms with van der Waals surface area (Å²) in [5.74, 6) is -0.0707. The smallest absolute Gasteiger partial charge is 0.253 e. The molecule has 2 aromatic carbocycles. The van der Waals surface area contributed by atoms with Crippen molar-refractivity contribution >= 4 is 54.2 Å². The summed E-state index contributed by atoms with van der Waals surface area (Å²) in [6.07, 6.45) is 3.22. The molecule has 0 atom stereocenters. The van der Waals surface area contributed by atoms with Crippen molar-refractivity contribution in [1.82, 2.24) is 9.88 Å². The van der Waals surface area contributed by atoms with Gasteiger partial charge < -0.3 is 9.80 Å². The first kappa shape index (κ1) is 20.2. The van der Waals surface area contributed by atoms with Crippen LogP contribution in [0.5, 0.6) is 0 Å². The fraction of sp³-hybridized carbons (Fsp3) is 0.300. The van der Waals surface area contributed by atoms with E-state index in [0.29, 0.717) is 18.7 Å². The van der Waals surface area contributed by atoms with E-state index in [4.69, 9.17) is 4.98 Å². The summed E-state index contributed by atoms with van der Waals surface area (Å²) in [5, 5.41) is 0.992. The standard InChI is InChI=1S/C20H21N3O3S3/c1-27-16-4-3-5-17-18(16)21-20(28-17)23-12-10-22(11-13-23)19(24)14-6-8-15(9-7-14)29(2,25)26/h3-9H,10-13H2,1-2H3. The number of nitrogens with zero attached hydrogens (tertiary/aromatic N) is 3. The van der Waals surface area contributed by atoms with Gasteiger partial charge in [0.25, 0.3) is 5.91 Å². The monoisotopic (exact) mass is 447 g/mol. The van der Waals surface area contributed by atoms with Crippen LogP contribution in [0.15, 0.2) is 52.3 Å². The van der Waals surface area contributed by atoms with Crippen LogP contribution in [0.4, 0.5) is 5.13 Å². The molecule has 1 aromatic heterocycles. The number of hydrogen-bond donors (Lipinski definition) is 0. The summed E-state index contributed by atoms with van der Waals surface area (Å²) >= 11 is 3.38. The lowest BCUT2D eigenvalue weighted by Crippen LogP contribution is -2.48. The van der Waals surface area contributed by atoms with Gasteiger partial charge in [-0.1, -0.05) is 17.4 Å². The molecule has 3 aromatic rings. The number of fused-ring (bicyclic) bond motifs is 1. The number of hydrogen-bond acceptors (Lipinski definition) is 7. The van der Waals surface area contributed by atoms with Gasteiger partial charge in [-0.2, -0.15) is 0 Å². The van der Waals surface area contributed by atoms with Crippen LogP contribution >= 0.6 is 23.1 Å². The third-order valence-corrected chi connectivity index (χ3v) is 7.94. The number of piperazine rings is 1. The molecule has 2 heterocycles. The molecule has 0 saturated carbocycles. The van der Waals surface area contributed by atoms with Crippen molar-refractivity contribution in [2.24, 2.45) is 0 Å². The maximum Gasteiger partial charge on any atom is 0.253 e. The van der Waals surface area contributed by atoms with Gasteiger partial charge in [-0.3, -0.25) is 4.79 Å². The van der Waals surface area contributed by atoms with Gasteiger partial charge in [0.15, 0.2) is 15.0 Å². The Morgan fingerprint density at radius 1 is 1.07 bits per heavy atom. The molecule has 1 saturated heterocycles. The van der Waals surface area contributed by atoms with E-state index < -0.39 is 9.84 Å². The first-order valence-corrected chi connectivity index (χ1v) is 13.1. The van der Waals surface area contributed by atoms with E-state index >= 15 is 0 Å². The second-order valence-electron chi connectivity index (χ2n) is 6.88. The topological polar surface area (TPSA) is 70.6 Å². The van der Waals surface area contributed by atoms with Crippen LogP contribution in [0.1, 0.15) is 10.4 Å². The van der Waals surface area contributed by atoms with Gasteiger partial charge in [0.1, 0.15) is 0 Å². The van der Waals surface area contributed by atoms with Crippen molar-refractivity contribution < 1.29 is 13.2 Å². The van der Waals surface area contributed by atoms with Crippen molar-refractivity contribution in [3.8, 4) is 0 Å². The lowest BCUT2D eigenvalue weighted by Gasteiger charge is -2.34. The Bertz CT molecular complexity index is 1150. The number of carbonyl (C=O) groups excluding carboxylic acids is 1. The molecular weight excluding hydrogens is 426 g/mol. The molecule has 0 spiro atoms. The lowest BCUT2D eigenvalue weighted by atomic mass is 10.2. The highest BCUT2D eigenvalue weighted by molar-refractivity contribution is 7.98. The minimum Gasteiger partial charge on any atom is -0.345 e. The Hall–Kier alpha value is -2.10. The fourth-order valence-corrected chi connectivity index (χ4v) is 5.64. The lowest BCUT2D eigenvalue weighted by molar-refractivity contribution is 0.0746. The first-order valence-electron chi connectivity index (χ1n) is 9.15. The van der Waals surface area contributed by atoms with E-state index in [0.717, 1.165) is 30.0 Å². The van der Waals surface area contributed by atoms with Gasteiger partial charge in [-0.25, -0.2) is 13.4 Å².